The molecule has 2 aromatic rings. The van der Waals surface area contributed by atoms with Gasteiger partial charge in [-0.05, 0) is 20.3 Å². The molecule has 2 aromatic heterocycles. The summed E-state index contributed by atoms with van der Waals surface area (Å²) in [6, 6.07) is -0.171. The molecule has 0 bridgehead atoms. The van der Waals surface area contributed by atoms with E-state index in [1.54, 1.807) is 24.0 Å². The average Bonchev–Trinajstić information content (AvgIpc) is 2.98. The molecule has 1 unspecified atom stereocenters. The van der Waals surface area contributed by atoms with Gasteiger partial charge in [0.1, 0.15) is 11.5 Å². The van der Waals surface area contributed by atoms with Crippen LogP contribution >= 0.6 is 0 Å². The predicted molar refractivity (Wildman–Crippen MR) is 74.5 cm³/mol. The van der Waals surface area contributed by atoms with E-state index in [-0.39, 0.29) is 11.7 Å². The molecule has 8 nitrogen and oxygen atoms in total. The molecule has 0 spiro atoms. The SMILES string of the molecule is CCCn1nc(C)c([N+](=O)[O-])c1NC(C)c1ncc[nH]1. The minimum atomic E-state index is -0.397. The Morgan fingerprint density at radius 3 is 2.90 bits per heavy atom. The molecule has 108 valence electrons. The standard InChI is InChI=1S/C12H18N6O2/c1-4-7-17-12(10(18(19)20)8(2)16-17)15-9(3)11-13-5-6-14-11/h5-6,9,15H,4,7H2,1-3H3,(H,13,14). The van der Waals surface area contributed by atoms with Crippen LogP contribution in [0.4, 0.5) is 11.5 Å². The smallest absolute Gasteiger partial charge is 0.333 e. The van der Waals surface area contributed by atoms with E-state index in [2.05, 4.69) is 20.4 Å². The van der Waals surface area contributed by atoms with Gasteiger partial charge in [0.15, 0.2) is 0 Å². The van der Waals surface area contributed by atoms with Crippen molar-refractivity contribution in [3.8, 4) is 0 Å². The molecular weight excluding hydrogens is 260 g/mol. The number of hydrogen-bond donors (Lipinski definition) is 2. The number of aromatic nitrogens is 4. The van der Waals surface area contributed by atoms with Gasteiger partial charge in [-0.25, -0.2) is 9.67 Å². The fourth-order valence-electron chi connectivity index (χ4n) is 2.09. The zero-order chi connectivity index (χ0) is 14.7. The monoisotopic (exact) mass is 278 g/mol. The minimum absolute atomic E-state index is 0.0249. The maximum atomic E-state index is 11.2. The van der Waals surface area contributed by atoms with Crippen LogP contribution in [0.1, 0.15) is 37.8 Å². The highest BCUT2D eigenvalue weighted by Crippen LogP contribution is 2.30. The molecule has 0 aliphatic rings. The van der Waals surface area contributed by atoms with E-state index in [1.165, 1.54) is 0 Å². The third-order valence-electron chi connectivity index (χ3n) is 3.00. The highest BCUT2D eigenvalue weighted by molar-refractivity contribution is 5.60. The molecular formula is C12H18N6O2. The second kappa shape index (κ2) is 5.72. The maximum Gasteiger partial charge on any atom is 0.333 e. The molecule has 0 amide bonds. The average molecular weight is 278 g/mol. The van der Waals surface area contributed by atoms with Gasteiger partial charge < -0.3 is 10.3 Å². The lowest BCUT2D eigenvalue weighted by Gasteiger charge is -2.13. The quantitative estimate of drug-likeness (QED) is 0.624. The Balaban J connectivity index is 2.35. The van der Waals surface area contributed by atoms with Gasteiger partial charge in [0.05, 0.1) is 11.0 Å². The first-order chi connectivity index (χ1) is 9.54. The summed E-state index contributed by atoms with van der Waals surface area (Å²) >= 11 is 0. The third-order valence-corrected chi connectivity index (χ3v) is 3.00. The van der Waals surface area contributed by atoms with Gasteiger partial charge in [0.2, 0.25) is 5.82 Å². The van der Waals surface area contributed by atoms with Gasteiger partial charge >= 0.3 is 5.69 Å². The molecule has 2 N–H and O–H groups in total. The van der Waals surface area contributed by atoms with Crippen LogP contribution in [0.5, 0.6) is 0 Å². The van der Waals surface area contributed by atoms with Gasteiger partial charge in [-0.1, -0.05) is 6.92 Å². The van der Waals surface area contributed by atoms with Crippen LogP contribution in [0.15, 0.2) is 12.4 Å². The van der Waals surface area contributed by atoms with Crippen molar-refractivity contribution in [1.29, 1.82) is 0 Å². The molecule has 0 radical (unpaired) electrons. The number of nitro groups is 1. The van der Waals surface area contributed by atoms with Crippen LogP contribution in [-0.2, 0) is 6.54 Å². The Morgan fingerprint density at radius 2 is 2.35 bits per heavy atom. The lowest BCUT2D eigenvalue weighted by Crippen LogP contribution is -2.14. The molecule has 1 atom stereocenters. The van der Waals surface area contributed by atoms with Crippen LogP contribution < -0.4 is 5.32 Å². The van der Waals surface area contributed by atoms with Crippen molar-refractivity contribution >= 4 is 11.5 Å². The van der Waals surface area contributed by atoms with E-state index in [0.29, 0.717) is 18.1 Å². The summed E-state index contributed by atoms with van der Waals surface area (Å²) in [5.74, 6) is 1.15. The molecule has 0 aliphatic heterocycles. The molecule has 20 heavy (non-hydrogen) atoms. The highest BCUT2D eigenvalue weighted by Gasteiger charge is 2.26. The zero-order valence-electron chi connectivity index (χ0n) is 11.8. The number of aromatic amines is 1. The van der Waals surface area contributed by atoms with E-state index in [0.717, 1.165) is 12.2 Å². The van der Waals surface area contributed by atoms with Gasteiger partial charge in [-0.15, -0.1) is 0 Å². The summed E-state index contributed by atoms with van der Waals surface area (Å²) in [6.07, 6.45) is 4.22. The highest BCUT2D eigenvalue weighted by atomic mass is 16.6. The molecule has 0 saturated carbocycles. The summed E-state index contributed by atoms with van der Waals surface area (Å²) in [5.41, 5.74) is 0.439. The molecule has 0 saturated heterocycles. The Kier molecular flexibility index (Phi) is 4.02. The second-order valence-corrected chi connectivity index (χ2v) is 4.60. The van der Waals surface area contributed by atoms with Gasteiger partial charge in [0, 0.05) is 18.9 Å². The number of nitrogens with zero attached hydrogens (tertiary/aromatic N) is 4. The molecule has 0 aromatic carbocycles. The lowest BCUT2D eigenvalue weighted by atomic mass is 10.3. The Bertz CT molecular complexity index is 589. The predicted octanol–water partition coefficient (Wildman–Crippen LogP) is 2.41. The fraction of sp³-hybridized carbons (Fsp3) is 0.500. The number of imidazole rings is 1. The van der Waals surface area contributed by atoms with Crippen LogP contribution in [0.2, 0.25) is 0 Å². The molecule has 0 fully saturated rings. The van der Waals surface area contributed by atoms with Gasteiger partial charge in [-0.3, -0.25) is 10.1 Å². The van der Waals surface area contributed by atoms with Crippen molar-refractivity contribution in [2.24, 2.45) is 0 Å². The fourth-order valence-corrected chi connectivity index (χ4v) is 2.09. The number of nitrogens with one attached hydrogen (secondary N) is 2. The normalized spacial score (nSPS) is 12.3. The van der Waals surface area contributed by atoms with E-state index in [4.69, 9.17) is 0 Å². The van der Waals surface area contributed by atoms with Crippen molar-refractivity contribution in [2.45, 2.75) is 39.8 Å². The molecule has 0 aliphatic carbocycles. The van der Waals surface area contributed by atoms with Crippen molar-refractivity contribution in [3.05, 3.63) is 34.0 Å². The maximum absolute atomic E-state index is 11.2. The Labute approximate surface area is 116 Å². The molecule has 8 heteroatoms. The van der Waals surface area contributed by atoms with Crippen molar-refractivity contribution in [3.63, 3.8) is 0 Å². The second-order valence-electron chi connectivity index (χ2n) is 4.60. The topological polar surface area (TPSA) is 102 Å². The van der Waals surface area contributed by atoms with Crippen molar-refractivity contribution in [1.82, 2.24) is 19.7 Å². The van der Waals surface area contributed by atoms with E-state index < -0.39 is 4.92 Å². The zero-order valence-corrected chi connectivity index (χ0v) is 11.8. The summed E-state index contributed by atoms with van der Waals surface area (Å²) in [7, 11) is 0. The van der Waals surface area contributed by atoms with E-state index in [9.17, 15) is 10.1 Å². The van der Waals surface area contributed by atoms with Crippen LogP contribution in [0.3, 0.4) is 0 Å². The summed E-state index contributed by atoms with van der Waals surface area (Å²) in [5, 5.41) is 18.6. The number of hydrogen-bond acceptors (Lipinski definition) is 5. The first kappa shape index (κ1) is 14.0. The molecule has 2 rings (SSSR count). The lowest BCUT2D eigenvalue weighted by molar-refractivity contribution is -0.384. The summed E-state index contributed by atoms with van der Waals surface area (Å²) < 4.78 is 1.65. The van der Waals surface area contributed by atoms with Crippen molar-refractivity contribution < 1.29 is 4.92 Å². The first-order valence-corrected chi connectivity index (χ1v) is 6.52. The Morgan fingerprint density at radius 1 is 1.60 bits per heavy atom. The molecule has 2 heterocycles. The number of aryl methyl sites for hydroxylation is 2. The number of H-pyrrole nitrogens is 1. The minimum Gasteiger partial charge on any atom is -0.355 e. The van der Waals surface area contributed by atoms with E-state index >= 15 is 0 Å². The first-order valence-electron chi connectivity index (χ1n) is 6.52. The van der Waals surface area contributed by atoms with Crippen molar-refractivity contribution in [2.75, 3.05) is 5.32 Å². The number of rotatable bonds is 6. The van der Waals surface area contributed by atoms with Crippen LogP contribution in [0, 0.1) is 17.0 Å². The van der Waals surface area contributed by atoms with E-state index in [1.807, 2.05) is 13.8 Å². The van der Waals surface area contributed by atoms with Gasteiger partial charge in [0.25, 0.3) is 0 Å². The largest absolute Gasteiger partial charge is 0.355 e. The summed E-state index contributed by atoms with van der Waals surface area (Å²) in [6.45, 7) is 6.17. The van der Waals surface area contributed by atoms with Crippen LogP contribution in [-0.4, -0.2) is 24.7 Å². The summed E-state index contributed by atoms with van der Waals surface area (Å²) in [4.78, 5) is 18.0. The van der Waals surface area contributed by atoms with Crippen LogP contribution in [0.25, 0.3) is 0 Å². The third kappa shape index (κ3) is 2.63. The Hall–Kier alpha value is -2.38. The number of anilines is 1. The van der Waals surface area contributed by atoms with Gasteiger partial charge in [-0.2, -0.15) is 5.10 Å².